The number of oxime groups is 1. The number of β-lactam (4-membered cyclic amide) rings is 1. The van der Waals surface area contributed by atoms with Gasteiger partial charge in [-0.1, -0.05) is 17.3 Å². The summed E-state index contributed by atoms with van der Waals surface area (Å²) < 4.78 is 10.1. The van der Waals surface area contributed by atoms with Gasteiger partial charge >= 0.3 is 11.9 Å². The molecule has 12 nitrogen and oxygen atoms in total. The Kier molecular flexibility index (Phi) is 7.94. The molecule has 0 spiro atoms. The highest BCUT2D eigenvalue weighted by Crippen LogP contribution is 2.41. The van der Waals surface area contributed by atoms with E-state index in [2.05, 4.69) is 15.5 Å². The normalized spacial score (nSPS) is 21.0. The quantitative estimate of drug-likeness (QED) is 0.168. The Morgan fingerprint density at radius 2 is 2.12 bits per heavy atom. The molecule has 1 fully saturated rings. The van der Waals surface area contributed by atoms with Gasteiger partial charge in [-0.2, -0.15) is 0 Å². The van der Waals surface area contributed by atoms with E-state index in [1.54, 1.807) is 24.5 Å². The van der Waals surface area contributed by atoms with E-state index in [0.717, 1.165) is 11.3 Å². The number of thiazole rings is 1. The first-order valence-electron chi connectivity index (χ1n) is 10.00. The number of thioether (sulfide) groups is 1. The van der Waals surface area contributed by atoms with Crippen LogP contribution < -0.4 is 11.1 Å². The number of hydrogen-bond acceptors (Lipinski definition) is 12. The first-order chi connectivity index (χ1) is 16.2. The molecular weight excluding hydrogens is 486 g/mol. The molecule has 3 N–H and O–H groups in total. The lowest BCUT2D eigenvalue weighted by Gasteiger charge is -2.49. The standard InChI is InChI=1S/C20H23N5O7S2/c1-5-6-11-7-33-18-14(23-16(27)13(24-30-4)12-8-34-20(21)22-12)17(28)25(18)15(11)19(29)32-10(3)31-9(2)26/h5-6,8,10,14,18H,7H2,1-4H3,(H2,21,22)(H,23,27)/b6-5-,24-13+/t10?,14?,18-/m1/s1. The van der Waals surface area contributed by atoms with Gasteiger partial charge in [-0.25, -0.2) is 9.78 Å². The van der Waals surface area contributed by atoms with Gasteiger partial charge in [0.15, 0.2) is 10.8 Å². The molecule has 3 rings (SSSR count). The SMILES string of the molecule is C/C=C\C1=C(C(=O)OC(C)OC(C)=O)N2C(=O)C(NC(=O)/C(=N/OC)c3csc(N)n3)[C@H]2SC1. The Morgan fingerprint density at radius 1 is 1.38 bits per heavy atom. The van der Waals surface area contributed by atoms with Crippen LogP contribution in [0.3, 0.4) is 0 Å². The number of carbonyl (C=O) groups is 4. The average molecular weight is 510 g/mol. The van der Waals surface area contributed by atoms with Crippen molar-refractivity contribution in [3.63, 3.8) is 0 Å². The monoisotopic (exact) mass is 509 g/mol. The van der Waals surface area contributed by atoms with Gasteiger partial charge < -0.3 is 25.4 Å². The highest BCUT2D eigenvalue weighted by molar-refractivity contribution is 8.00. The lowest BCUT2D eigenvalue weighted by Crippen LogP contribution is -2.71. The Labute approximate surface area is 203 Å². The van der Waals surface area contributed by atoms with E-state index < -0.39 is 41.5 Å². The zero-order valence-corrected chi connectivity index (χ0v) is 20.4. The fourth-order valence-electron chi connectivity index (χ4n) is 3.33. The van der Waals surface area contributed by atoms with Crippen LogP contribution in [-0.2, 0) is 33.5 Å². The number of hydrogen-bond donors (Lipinski definition) is 2. The third-order valence-corrected chi connectivity index (χ3v) is 6.59. The molecule has 3 heterocycles. The lowest BCUT2D eigenvalue weighted by molar-refractivity contribution is -0.182. The zero-order chi connectivity index (χ0) is 25.0. The van der Waals surface area contributed by atoms with Crippen molar-refractivity contribution < 1.29 is 33.5 Å². The number of aromatic nitrogens is 1. The predicted molar refractivity (Wildman–Crippen MR) is 124 cm³/mol. The summed E-state index contributed by atoms with van der Waals surface area (Å²) in [6.45, 7) is 4.36. The van der Waals surface area contributed by atoms with Gasteiger partial charge in [0.05, 0.1) is 0 Å². The van der Waals surface area contributed by atoms with Crippen molar-refractivity contribution in [3.8, 4) is 0 Å². The van der Waals surface area contributed by atoms with E-state index in [0.29, 0.717) is 11.3 Å². The molecule has 0 radical (unpaired) electrons. The van der Waals surface area contributed by atoms with E-state index in [4.69, 9.17) is 20.0 Å². The minimum Gasteiger partial charge on any atom is -0.426 e. The molecule has 2 aliphatic rings. The molecule has 0 aliphatic carbocycles. The molecule has 1 aromatic rings. The number of esters is 2. The van der Waals surface area contributed by atoms with Gasteiger partial charge in [0.25, 0.3) is 11.8 Å². The summed E-state index contributed by atoms with van der Waals surface area (Å²) in [6, 6.07) is -0.920. The topological polar surface area (TPSA) is 163 Å². The van der Waals surface area contributed by atoms with Crippen molar-refractivity contribution >= 4 is 57.7 Å². The highest BCUT2D eigenvalue weighted by atomic mass is 32.2. The molecule has 3 atom stereocenters. The average Bonchev–Trinajstić information content (AvgIpc) is 3.20. The number of rotatable bonds is 8. The molecule has 2 aliphatic heterocycles. The van der Waals surface area contributed by atoms with Crippen LogP contribution in [0.15, 0.2) is 34.0 Å². The summed E-state index contributed by atoms with van der Waals surface area (Å²) in [4.78, 5) is 59.9. The first-order valence-corrected chi connectivity index (χ1v) is 11.9. The Hall–Kier alpha value is -3.39. The van der Waals surface area contributed by atoms with Crippen molar-refractivity contribution in [2.75, 3.05) is 18.6 Å². The predicted octanol–water partition coefficient (Wildman–Crippen LogP) is 0.758. The van der Waals surface area contributed by atoms with E-state index in [1.807, 2.05) is 0 Å². The number of amides is 2. The van der Waals surface area contributed by atoms with Gasteiger partial charge in [-0.3, -0.25) is 19.3 Å². The molecule has 182 valence electrons. The van der Waals surface area contributed by atoms with Gasteiger partial charge in [0.1, 0.15) is 29.9 Å². The smallest absolute Gasteiger partial charge is 0.358 e. The van der Waals surface area contributed by atoms with Crippen LogP contribution in [0.5, 0.6) is 0 Å². The van der Waals surface area contributed by atoms with Crippen LogP contribution in [0.25, 0.3) is 0 Å². The second-order valence-electron chi connectivity index (χ2n) is 7.01. The summed E-state index contributed by atoms with van der Waals surface area (Å²) in [5, 5.41) is 7.58. The molecule has 1 saturated heterocycles. The maximum atomic E-state index is 13.0. The molecular formula is C20H23N5O7S2. The van der Waals surface area contributed by atoms with E-state index in [1.165, 1.54) is 37.6 Å². The molecule has 1 aromatic heterocycles. The number of fused-ring (bicyclic) bond motifs is 1. The van der Waals surface area contributed by atoms with Crippen molar-refractivity contribution in [2.45, 2.75) is 38.5 Å². The number of nitrogens with one attached hydrogen (secondary N) is 1. The number of nitrogens with two attached hydrogens (primary N) is 1. The molecule has 0 saturated carbocycles. The highest BCUT2D eigenvalue weighted by Gasteiger charge is 2.54. The van der Waals surface area contributed by atoms with Crippen LogP contribution in [0.4, 0.5) is 5.13 Å². The van der Waals surface area contributed by atoms with Gasteiger partial charge in [-0.05, 0) is 12.5 Å². The lowest BCUT2D eigenvalue weighted by atomic mass is 10.0. The van der Waals surface area contributed by atoms with E-state index >= 15 is 0 Å². The number of anilines is 1. The Balaban J connectivity index is 1.79. The summed E-state index contributed by atoms with van der Waals surface area (Å²) >= 11 is 2.50. The maximum absolute atomic E-state index is 13.0. The van der Waals surface area contributed by atoms with Gasteiger partial charge in [-0.15, -0.1) is 23.1 Å². The van der Waals surface area contributed by atoms with Crippen LogP contribution in [0.2, 0.25) is 0 Å². The zero-order valence-electron chi connectivity index (χ0n) is 18.8. The minimum absolute atomic E-state index is 0.0365. The molecule has 34 heavy (non-hydrogen) atoms. The fourth-order valence-corrected chi connectivity index (χ4v) is 5.19. The number of allylic oxidation sites excluding steroid dienone is 2. The molecule has 0 aromatic carbocycles. The summed E-state index contributed by atoms with van der Waals surface area (Å²) in [5.74, 6) is -2.22. The van der Waals surface area contributed by atoms with Crippen molar-refractivity contribution in [2.24, 2.45) is 5.16 Å². The second kappa shape index (κ2) is 10.7. The number of nitrogen functional groups attached to an aromatic ring is 1. The maximum Gasteiger partial charge on any atom is 0.358 e. The molecule has 0 bridgehead atoms. The Morgan fingerprint density at radius 3 is 2.71 bits per heavy atom. The summed E-state index contributed by atoms with van der Waals surface area (Å²) in [6.07, 6.45) is 2.30. The third kappa shape index (κ3) is 5.22. The first kappa shape index (κ1) is 25.2. The number of nitrogens with zero attached hydrogens (tertiary/aromatic N) is 3. The van der Waals surface area contributed by atoms with Crippen LogP contribution in [0.1, 0.15) is 26.5 Å². The number of ether oxygens (including phenoxy) is 2. The minimum atomic E-state index is -1.14. The molecule has 2 amide bonds. The van der Waals surface area contributed by atoms with E-state index in [9.17, 15) is 19.2 Å². The molecule has 14 heteroatoms. The number of carbonyl (C=O) groups excluding carboxylic acids is 4. The van der Waals surface area contributed by atoms with Crippen LogP contribution in [0, 0.1) is 0 Å². The second-order valence-corrected chi connectivity index (χ2v) is 9.01. The van der Waals surface area contributed by atoms with Crippen LogP contribution in [-0.4, -0.2) is 69.9 Å². The van der Waals surface area contributed by atoms with Crippen molar-refractivity contribution in [1.82, 2.24) is 15.2 Å². The van der Waals surface area contributed by atoms with Crippen LogP contribution >= 0.6 is 23.1 Å². The van der Waals surface area contributed by atoms with Crippen molar-refractivity contribution in [1.29, 1.82) is 0 Å². The largest absolute Gasteiger partial charge is 0.426 e. The van der Waals surface area contributed by atoms with Crippen molar-refractivity contribution in [3.05, 3.63) is 34.5 Å². The third-order valence-electron chi connectivity index (χ3n) is 4.61. The fraction of sp³-hybridized carbons (Fsp3) is 0.400. The summed E-state index contributed by atoms with van der Waals surface area (Å²) in [5.41, 5.74) is 6.32. The Bertz CT molecular complexity index is 1100. The van der Waals surface area contributed by atoms with Gasteiger partial charge in [0.2, 0.25) is 6.29 Å². The molecule has 2 unspecified atom stereocenters. The summed E-state index contributed by atoms with van der Waals surface area (Å²) in [7, 11) is 1.28. The van der Waals surface area contributed by atoms with E-state index in [-0.39, 0.29) is 22.2 Å². The van der Waals surface area contributed by atoms with Gasteiger partial charge in [0, 0.05) is 25.0 Å².